The lowest BCUT2D eigenvalue weighted by Gasteiger charge is -2.25. The molecule has 0 spiro atoms. The number of phenols is 1. The van der Waals surface area contributed by atoms with E-state index in [-0.39, 0.29) is 24.0 Å². The monoisotopic (exact) mass is 482 g/mol. The van der Waals surface area contributed by atoms with Crippen LogP contribution in [0.3, 0.4) is 0 Å². The lowest BCUT2D eigenvalue weighted by molar-refractivity contribution is -0.129. The Morgan fingerprint density at radius 2 is 1.31 bits per heavy atom. The second-order valence-corrected chi connectivity index (χ2v) is 10.2. The molecule has 0 heterocycles. The minimum atomic E-state index is -1.71. The highest BCUT2D eigenvalue weighted by Crippen LogP contribution is 2.19. The molecule has 190 valence electrons. The Morgan fingerprint density at radius 1 is 0.771 bits per heavy atom. The van der Waals surface area contributed by atoms with E-state index in [1.807, 2.05) is 38.1 Å². The zero-order chi connectivity index (χ0) is 26.1. The van der Waals surface area contributed by atoms with Gasteiger partial charge in [-0.1, -0.05) is 64.1 Å². The molecule has 5 N–H and O–H groups in total. The molecule has 2 aromatic rings. The molecule has 0 saturated heterocycles. The van der Waals surface area contributed by atoms with Crippen molar-refractivity contribution < 1.29 is 24.7 Å². The number of phenolic OH excluding ortho intramolecular Hbond substituents is 1. The normalized spacial score (nSPS) is 13.9. The van der Waals surface area contributed by atoms with Gasteiger partial charge in [0, 0.05) is 6.42 Å². The predicted octanol–water partition coefficient (Wildman–Crippen LogP) is 2.96. The van der Waals surface area contributed by atoms with Crippen LogP contribution in [-0.2, 0) is 22.4 Å². The van der Waals surface area contributed by atoms with Gasteiger partial charge in [0.1, 0.15) is 11.8 Å². The van der Waals surface area contributed by atoms with Crippen LogP contribution >= 0.6 is 0 Å². The van der Waals surface area contributed by atoms with E-state index in [0.29, 0.717) is 12.3 Å². The van der Waals surface area contributed by atoms with Crippen molar-refractivity contribution in [1.82, 2.24) is 10.6 Å². The lowest BCUT2D eigenvalue weighted by Crippen LogP contribution is -2.55. The summed E-state index contributed by atoms with van der Waals surface area (Å²) in [6, 6.07) is 13.4. The standard InChI is InChI=1S/C27H39BN2O5/c1-17(2)14-20-6-10-22(11-7-20)19(5)26(32)29-24(16-21-8-12-23(31)13-9-21)27(33)30-25(28(34)35)15-18(3)4/h6-13,17-19,24-25,31,34-35H,14-16H2,1-5H3,(H,29,32)(H,30,33)/t19?,24-,25-/m0/s1. The highest BCUT2D eigenvalue weighted by Gasteiger charge is 2.31. The molecule has 0 saturated carbocycles. The van der Waals surface area contributed by atoms with Crippen molar-refractivity contribution in [2.45, 2.75) is 71.8 Å². The van der Waals surface area contributed by atoms with Crippen molar-refractivity contribution in [2.24, 2.45) is 11.8 Å². The fourth-order valence-corrected chi connectivity index (χ4v) is 3.99. The number of benzene rings is 2. The van der Waals surface area contributed by atoms with E-state index in [4.69, 9.17) is 0 Å². The fourth-order valence-electron chi connectivity index (χ4n) is 3.99. The van der Waals surface area contributed by atoms with Gasteiger partial charge in [0.2, 0.25) is 11.8 Å². The average Bonchev–Trinajstić information content (AvgIpc) is 2.78. The van der Waals surface area contributed by atoms with Crippen LogP contribution in [0.25, 0.3) is 0 Å². The molecular formula is C27H39BN2O5. The fraction of sp³-hybridized carbons (Fsp3) is 0.481. The molecule has 0 aliphatic carbocycles. The Hall–Kier alpha value is -2.84. The van der Waals surface area contributed by atoms with Crippen LogP contribution in [0, 0.1) is 11.8 Å². The summed E-state index contributed by atoms with van der Waals surface area (Å²) in [4.78, 5) is 26.3. The third-order valence-electron chi connectivity index (χ3n) is 5.94. The molecule has 0 radical (unpaired) electrons. The van der Waals surface area contributed by atoms with E-state index in [0.717, 1.165) is 17.5 Å². The number of hydrogen-bond acceptors (Lipinski definition) is 5. The van der Waals surface area contributed by atoms with Gasteiger partial charge in [-0.3, -0.25) is 9.59 Å². The van der Waals surface area contributed by atoms with Gasteiger partial charge in [-0.15, -0.1) is 0 Å². The maximum absolute atomic E-state index is 13.2. The molecule has 2 rings (SSSR count). The van der Waals surface area contributed by atoms with Gasteiger partial charge in [0.05, 0.1) is 11.9 Å². The summed E-state index contributed by atoms with van der Waals surface area (Å²) in [5, 5.41) is 34.6. The SMILES string of the molecule is CC(C)Cc1ccc(C(C)C(=O)N[C@@H](Cc2ccc(O)cc2)C(=O)N[C@@H](CC(C)C)B(O)O)cc1. The molecule has 35 heavy (non-hydrogen) atoms. The van der Waals surface area contributed by atoms with Crippen molar-refractivity contribution >= 4 is 18.9 Å². The average molecular weight is 482 g/mol. The molecule has 0 fully saturated rings. The first kappa shape index (κ1) is 28.4. The molecular weight excluding hydrogens is 443 g/mol. The van der Waals surface area contributed by atoms with Crippen molar-refractivity contribution in [2.75, 3.05) is 0 Å². The largest absolute Gasteiger partial charge is 0.508 e. The van der Waals surface area contributed by atoms with Gasteiger partial charge in [0.25, 0.3) is 0 Å². The van der Waals surface area contributed by atoms with E-state index in [1.165, 1.54) is 17.7 Å². The van der Waals surface area contributed by atoms with Crippen molar-refractivity contribution in [1.29, 1.82) is 0 Å². The van der Waals surface area contributed by atoms with E-state index in [2.05, 4.69) is 24.5 Å². The third-order valence-corrected chi connectivity index (χ3v) is 5.94. The molecule has 3 atom stereocenters. The van der Waals surface area contributed by atoms with E-state index < -0.39 is 30.9 Å². The molecule has 0 bridgehead atoms. The highest BCUT2D eigenvalue weighted by atomic mass is 16.4. The summed E-state index contributed by atoms with van der Waals surface area (Å²) in [6.07, 6.45) is 1.53. The summed E-state index contributed by atoms with van der Waals surface area (Å²) in [7, 11) is -1.71. The molecule has 0 aromatic heterocycles. The van der Waals surface area contributed by atoms with Gasteiger partial charge >= 0.3 is 7.12 Å². The Bertz CT molecular complexity index is 945. The molecule has 7 nitrogen and oxygen atoms in total. The first-order valence-electron chi connectivity index (χ1n) is 12.3. The van der Waals surface area contributed by atoms with Gasteiger partial charge < -0.3 is 25.8 Å². The number of rotatable bonds is 12. The zero-order valence-corrected chi connectivity index (χ0v) is 21.4. The molecule has 8 heteroatoms. The first-order chi connectivity index (χ1) is 16.5. The Morgan fingerprint density at radius 3 is 1.83 bits per heavy atom. The topological polar surface area (TPSA) is 119 Å². The highest BCUT2D eigenvalue weighted by molar-refractivity contribution is 6.43. The Labute approximate surface area is 209 Å². The van der Waals surface area contributed by atoms with Crippen LogP contribution in [0.5, 0.6) is 5.75 Å². The summed E-state index contributed by atoms with van der Waals surface area (Å²) < 4.78 is 0. The van der Waals surface area contributed by atoms with Crippen LogP contribution in [0.1, 0.15) is 63.6 Å². The van der Waals surface area contributed by atoms with E-state index in [1.54, 1.807) is 19.1 Å². The van der Waals surface area contributed by atoms with Crippen LogP contribution in [-0.4, -0.2) is 46.1 Å². The molecule has 0 aliphatic heterocycles. The van der Waals surface area contributed by atoms with Crippen molar-refractivity contribution in [3.63, 3.8) is 0 Å². The number of aromatic hydroxyl groups is 1. The summed E-state index contributed by atoms with van der Waals surface area (Å²) in [5.41, 5.74) is 2.81. The minimum Gasteiger partial charge on any atom is -0.508 e. The van der Waals surface area contributed by atoms with Crippen molar-refractivity contribution in [3.05, 3.63) is 65.2 Å². The van der Waals surface area contributed by atoms with Gasteiger partial charge in [0.15, 0.2) is 0 Å². The van der Waals surface area contributed by atoms with Crippen molar-refractivity contribution in [3.8, 4) is 5.75 Å². The van der Waals surface area contributed by atoms with E-state index in [9.17, 15) is 24.7 Å². The van der Waals surface area contributed by atoms with Gasteiger partial charge in [-0.2, -0.15) is 0 Å². The summed E-state index contributed by atoms with van der Waals surface area (Å²) in [6.45, 7) is 9.95. The molecule has 1 unspecified atom stereocenters. The van der Waals surface area contributed by atoms with Crippen LogP contribution in [0.15, 0.2) is 48.5 Å². The second kappa shape index (κ2) is 13.3. The molecule has 2 aromatic carbocycles. The van der Waals surface area contributed by atoms with E-state index >= 15 is 0 Å². The minimum absolute atomic E-state index is 0.105. The summed E-state index contributed by atoms with van der Waals surface area (Å²) in [5.74, 6) is -1.35. The van der Waals surface area contributed by atoms with Crippen LogP contribution < -0.4 is 10.6 Å². The number of nitrogens with one attached hydrogen (secondary N) is 2. The van der Waals surface area contributed by atoms with Gasteiger partial charge in [-0.05, 0) is 60.4 Å². The smallest absolute Gasteiger partial charge is 0.475 e. The van der Waals surface area contributed by atoms with Gasteiger partial charge in [-0.25, -0.2) is 0 Å². The molecule has 2 amide bonds. The van der Waals surface area contributed by atoms with Crippen LogP contribution in [0.4, 0.5) is 0 Å². The van der Waals surface area contributed by atoms with Crippen LogP contribution in [0.2, 0.25) is 0 Å². The number of amides is 2. The maximum atomic E-state index is 13.2. The number of carbonyl (C=O) groups excluding carboxylic acids is 2. The number of hydrogen-bond donors (Lipinski definition) is 5. The predicted molar refractivity (Wildman–Crippen MR) is 139 cm³/mol. The number of carbonyl (C=O) groups is 2. The zero-order valence-electron chi connectivity index (χ0n) is 21.4. The summed E-state index contributed by atoms with van der Waals surface area (Å²) >= 11 is 0. The second-order valence-electron chi connectivity index (χ2n) is 10.2. The first-order valence-corrected chi connectivity index (χ1v) is 12.3. The lowest BCUT2D eigenvalue weighted by atomic mass is 9.75. The maximum Gasteiger partial charge on any atom is 0.475 e. The molecule has 0 aliphatic rings. The quantitative estimate of drug-likeness (QED) is 0.298. The Balaban J connectivity index is 2.19. The Kier molecular flexibility index (Phi) is 10.8. The third kappa shape index (κ3) is 9.38.